The van der Waals surface area contributed by atoms with Crippen LogP contribution in [-0.2, 0) is 0 Å². The smallest absolute Gasteiger partial charge is 0.261 e. The third-order valence-electron chi connectivity index (χ3n) is 5.11. The fraction of sp³-hybridized carbons (Fsp3) is 0.154. The molecule has 0 bridgehead atoms. The molecular formula is C26H18F5N5O. The van der Waals surface area contributed by atoms with Crippen LogP contribution in [0.4, 0.5) is 27.6 Å². The highest BCUT2D eigenvalue weighted by Gasteiger charge is 2.30. The Kier molecular flexibility index (Phi) is 9.68. The maximum atomic E-state index is 14.0. The van der Waals surface area contributed by atoms with E-state index in [1.165, 1.54) is 18.2 Å². The zero-order chi connectivity index (χ0) is 27.7. The number of allylic oxidation sites excluding steroid dienone is 4. The van der Waals surface area contributed by atoms with Gasteiger partial charge in [0.1, 0.15) is 23.8 Å². The van der Waals surface area contributed by atoms with Crippen LogP contribution in [0.25, 0.3) is 6.08 Å². The van der Waals surface area contributed by atoms with Gasteiger partial charge in [-0.3, -0.25) is 4.79 Å². The van der Waals surface area contributed by atoms with Crippen molar-refractivity contribution in [1.29, 1.82) is 15.8 Å². The first-order valence-electron chi connectivity index (χ1n) is 10.7. The number of benzene rings is 2. The molecule has 11 heteroatoms. The van der Waals surface area contributed by atoms with Crippen molar-refractivity contribution in [2.75, 3.05) is 18.0 Å². The van der Waals surface area contributed by atoms with Gasteiger partial charge < -0.3 is 10.2 Å². The van der Waals surface area contributed by atoms with E-state index >= 15 is 0 Å². The molecule has 0 aliphatic carbocycles. The molecule has 0 spiro atoms. The number of carbonyl (C=O) groups is 1. The van der Waals surface area contributed by atoms with Gasteiger partial charge in [0.05, 0.1) is 11.3 Å². The van der Waals surface area contributed by atoms with Crippen molar-refractivity contribution in [1.82, 2.24) is 5.32 Å². The number of hydrogen-bond donors (Lipinski definition) is 1. The third-order valence-corrected chi connectivity index (χ3v) is 5.11. The summed E-state index contributed by atoms with van der Waals surface area (Å²) >= 11 is 0. The number of nitrogens with one attached hydrogen (secondary N) is 1. The Bertz CT molecular complexity index is 1370. The number of nitrogens with zero attached hydrogens (tertiary/aromatic N) is 4. The zero-order valence-corrected chi connectivity index (χ0v) is 19.5. The van der Waals surface area contributed by atoms with Gasteiger partial charge in [-0.25, -0.2) is 22.0 Å². The maximum Gasteiger partial charge on any atom is 0.261 e. The highest BCUT2D eigenvalue weighted by molar-refractivity contribution is 5.97. The summed E-state index contributed by atoms with van der Waals surface area (Å²) in [5, 5.41) is 29.7. The van der Waals surface area contributed by atoms with Gasteiger partial charge in [0, 0.05) is 18.8 Å². The van der Waals surface area contributed by atoms with Crippen molar-refractivity contribution in [2.45, 2.75) is 13.8 Å². The molecule has 0 aliphatic rings. The summed E-state index contributed by atoms with van der Waals surface area (Å²) in [4.78, 5) is 14.6. The highest BCUT2D eigenvalue weighted by atomic mass is 19.2. The average Bonchev–Trinajstić information content (AvgIpc) is 2.90. The molecular weight excluding hydrogens is 493 g/mol. The van der Waals surface area contributed by atoms with Gasteiger partial charge >= 0.3 is 0 Å². The minimum Gasteiger partial charge on any atom is -0.372 e. The van der Waals surface area contributed by atoms with Crippen LogP contribution in [0.3, 0.4) is 0 Å². The largest absolute Gasteiger partial charge is 0.372 e. The molecule has 0 heterocycles. The molecule has 2 rings (SSSR count). The van der Waals surface area contributed by atoms with Gasteiger partial charge in [-0.1, -0.05) is 24.3 Å². The maximum absolute atomic E-state index is 14.0. The van der Waals surface area contributed by atoms with Crippen LogP contribution < -0.4 is 10.2 Å². The summed E-state index contributed by atoms with van der Waals surface area (Å²) in [6.45, 7) is 5.65. The van der Waals surface area contributed by atoms with E-state index in [9.17, 15) is 42.5 Å². The Morgan fingerprint density at radius 2 is 1.38 bits per heavy atom. The van der Waals surface area contributed by atoms with Gasteiger partial charge in [0.15, 0.2) is 28.8 Å². The number of halogens is 5. The van der Waals surface area contributed by atoms with Crippen LogP contribution in [0.1, 0.15) is 29.8 Å². The van der Waals surface area contributed by atoms with Crippen molar-refractivity contribution in [3.63, 3.8) is 0 Å². The summed E-state index contributed by atoms with van der Waals surface area (Å²) in [5.41, 5.74) is -2.26. The molecule has 0 fully saturated rings. The lowest BCUT2D eigenvalue weighted by Gasteiger charge is -2.20. The minimum absolute atomic E-state index is 0.494. The van der Waals surface area contributed by atoms with Crippen molar-refractivity contribution < 1.29 is 26.7 Å². The second-order valence-electron chi connectivity index (χ2n) is 7.19. The topological polar surface area (TPSA) is 104 Å². The van der Waals surface area contributed by atoms with Crippen molar-refractivity contribution in [3.8, 4) is 18.2 Å². The number of nitriles is 3. The molecule has 0 saturated heterocycles. The number of carbonyl (C=O) groups excluding carboxylic acids is 1. The van der Waals surface area contributed by atoms with E-state index in [2.05, 4.69) is 4.90 Å². The molecule has 0 atom stereocenters. The Hall–Kier alpha value is -4.95. The van der Waals surface area contributed by atoms with E-state index in [-0.39, 0.29) is 0 Å². The predicted molar refractivity (Wildman–Crippen MR) is 125 cm³/mol. The van der Waals surface area contributed by atoms with Gasteiger partial charge in [-0.2, -0.15) is 15.8 Å². The molecule has 0 radical (unpaired) electrons. The number of hydrogen-bond acceptors (Lipinski definition) is 5. The van der Waals surface area contributed by atoms with Crippen molar-refractivity contribution in [2.24, 2.45) is 0 Å². The van der Waals surface area contributed by atoms with Gasteiger partial charge in [-0.15, -0.1) is 0 Å². The Balaban J connectivity index is 2.45. The number of rotatable bonds is 8. The fourth-order valence-electron chi connectivity index (χ4n) is 3.20. The van der Waals surface area contributed by atoms with Crippen LogP contribution in [0, 0.1) is 63.1 Å². The second-order valence-corrected chi connectivity index (χ2v) is 7.19. The molecule has 2 aromatic carbocycles. The minimum atomic E-state index is -2.47. The normalized spacial score (nSPS) is 10.9. The molecule has 2 aromatic rings. The summed E-state index contributed by atoms with van der Waals surface area (Å²) in [6.07, 6.45) is 4.01. The number of amides is 1. The van der Waals surface area contributed by atoms with E-state index in [4.69, 9.17) is 0 Å². The van der Waals surface area contributed by atoms with Crippen LogP contribution >= 0.6 is 0 Å². The number of anilines is 1. The summed E-state index contributed by atoms with van der Waals surface area (Å²) < 4.78 is 68.4. The van der Waals surface area contributed by atoms with Crippen molar-refractivity contribution in [3.05, 3.63) is 93.5 Å². The Labute approximate surface area is 209 Å². The molecule has 1 N–H and O–H groups in total. The lowest BCUT2D eigenvalue weighted by molar-refractivity contribution is 0.0955. The van der Waals surface area contributed by atoms with Gasteiger partial charge in [0.2, 0.25) is 5.82 Å². The first-order valence-corrected chi connectivity index (χ1v) is 10.7. The molecule has 6 nitrogen and oxygen atoms in total. The van der Waals surface area contributed by atoms with Crippen LogP contribution in [0.15, 0.2) is 53.3 Å². The summed E-state index contributed by atoms with van der Waals surface area (Å²) in [5.74, 6) is -13.9. The molecule has 0 aliphatic heterocycles. The first-order chi connectivity index (χ1) is 17.6. The van der Waals surface area contributed by atoms with Gasteiger partial charge in [-0.05, 0) is 37.6 Å². The standard InChI is InChI=1S/C26H18F5N5O/c1-3-36(4-2)18-10-8-15(9-11-18)6-5-7-16(12-32)25(17(13-33)14-34)35-26(37)19-20(27)22(29)24(31)23(30)21(19)28/h5-11H,3-4H2,1-2H3,(H,35,37). The van der Waals surface area contributed by atoms with Crippen molar-refractivity contribution >= 4 is 17.7 Å². The molecule has 1 amide bonds. The Morgan fingerprint density at radius 1 is 0.865 bits per heavy atom. The SMILES string of the molecule is CCN(CC)c1ccc(C=CC=C(C#N)C(NC(=O)c2c(F)c(F)c(F)c(F)c2F)=C(C#N)C#N)cc1. The lowest BCUT2D eigenvalue weighted by atomic mass is 10.1. The van der Waals surface area contributed by atoms with Crippen LogP contribution in [0.5, 0.6) is 0 Å². The summed E-state index contributed by atoms with van der Waals surface area (Å²) in [6, 6.07) is 11.8. The monoisotopic (exact) mass is 511 g/mol. The molecule has 0 saturated carbocycles. The third kappa shape index (κ3) is 6.19. The van der Waals surface area contributed by atoms with Crippen LogP contribution in [-0.4, -0.2) is 19.0 Å². The van der Waals surface area contributed by atoms with Gasteiger partial charge in [0.25, 0.3) is 5.91 Å². The second kappa shape index (κ2) is 12.7. The lowest BCUT2D eigenvalue weighted by Crippen LogP contribution is -2.28. The zero-order valence-electron chi connectivity index (χ0n) is 19.5. The highest BCUT2D eigenvalue weighted by Crippen LogP contribution is 2.24. The van der Waals surface area contributed by atoms with E-state index < -0.39 is 57.4 Å². The quantitative estimate of drug-likeness (QED) is 0.168. The van der Waals surface area contributed by atoms with E-state index in [1.54, 1.807) is 29.6 Å². The first kappa shape index (κ1) is 28.3. The van der Waals surface area contributed by atoms with E-state index in [1.807, 2.05) is 26.0 Å². The molecule has 188 valence electrons. The summed E-state index contributed by atoms with van der Waals surface area (Å²) in [7, 11) is 0. The fourth-order valence-corrected chi connectivity index (χ4v) is 3.20. The van der Waals surface area contributed by atoms with Crippen LogP contribution in [0.2, 0.25) is 0 Å². The molecule has 37 heavy (non-hydrogen) atoms. The average molecular weight is 511 g/mol. The Morgan fingerprint density at radius 3 is 1.84 bits per heavy atom. The predicted octanol–water partition coefficient (Wildman–Crippen LogP) is 5.42. The molecule has 0 unspecified atom stereocenters. The van der Waals surface area contributed by atoms with E-state index in [0.29, 0.717) is 5.56 Å². The van der Waals surface area contributed by atoms with E-state index in [0.717, 1.165) is 24.9 Å². The molecule has 0 aromatic heterocycles.